The summed E-state index contributed by atoms with van der Waals surface area (Å²) in [5.41, 5.74) is 7.24. The van der Waals surface area contributed by atoms with Gasteiger partial charge in [0.1, 0.15) is 12.4 Å². The number of ether oxygens (including phenoxy) is 1. The SMILES string of the molecule is CSc1ccccc1OCc1ccc(N)cc1Cl. The van der Waals surface area contributed by atoms with E-state index in [-0.39, 0.29) is 0 Å². The van der Waals surface area contributed by atoms with Crippen LogP contribution in [0.5, 0.6) is 5.75 Å². The number of nitrogen functional groups attached to an aromatic ring is 1. The van der Waals surface area contributed by atoms with Crippen molar-refractivity contribution in [2.75, 3.05) is 12.0 Å². The lowest BCUT2D eigenvalue weighted by atomic mass is 10.2. The molecule has 2 rings (SSSR count). The van der Waals surface area contributed by atoms with Gasteiger partial charge in [-0.3, -0.25) is 0 Å². The Kier molecular flexibility index (Phi) is 4.39. The molecule has 0 heterocycles. The third-order valence-electron chi connectivity index (χ3n) is 2.53. The summed E-state index contributed by atoms with van der Waals surface area (Å²) < 4.78 is 5.79. The minimum Gasteiger partial charge on any atom is -0.488 e. The summed E-state index contributed by atoms with van der Waals surface area (Å²) in [6.45, 7) is 0.441. The van der Waals surface area contributed by atoms with Gasteiger partial charge >= 0.3 is 0 Å². The van der Waals surface area contributed by atoms with Gasteiger partial charge in [-0.1, -0.05) is 29.8 Å². The first-order valence-corrected chi connectivity index (χ1v) is 7.10. The highest BCUT2D eigenvalue weighted by Gasteiger charge is 2.04. The zero-order valence-electron chi connectivity index (χ0n) is 10.0. The third kappa shape index (κ3) is 3.12. The van der Waals surface area contributed by atoms with Gasteiger partial charge < -0.3 is 10.5 Å². The summed E-state index contributed by atoms with van der Waals surface area (Å²) in [7, 11) is 0. The Morgan fingerprint density at radius 3 is 2.72 bits per heavy atom. The van der Waals surface area contributed by atoms with Gasteiger partial charge in [0, 0.05) is 21.2 Å². The molecule has 0 spiro atoms. The number of thioether (sulfide) groups is 1. The van der Waals surface area contributed by atoms with Gasteiger partial charge in [0.2, 0.25) is 0 Å². The molecular weight excluding hydrogens is 266 g/mol. The van der Waals surface area contributed by atoms with E-state index in [1.807, 2.05) is 42.7 Å². The van der Waals surface area contributed by atoms with Crippen molar-refractivity contribution in [3.8, 4) is 5.75 Å². The highest BCUT2D eigenvalue weighted by molar-refractivity contribution is 7.98. The molecule has 0 fully saturated rings. The molecule has 0 saturated heterocycles. The number of rotatable bonds is 4. The summed E-state index contributed by atoms with van der Waals surface area (Å²) in [5, 5.41) is 0.636. The van der Waals surface area contributed by atoms with Gasteiger partial charge in [0.25, 0.3) is 0 Å². The third-order valence-corrected chi connectivity index (χ3v) is 3.66. The van der Waals surface area contributed by atoms with Gasteiger partial charge in [0.05, 0.1) is 0 Å². The van der Waals surface area contributed by atoms with Crippen molar-refractivity contribution < 1.29 is 4.74 Å². The topological polar surface area (TPSA) is 35.2 Å². The van der Waals surface area contributed by atoms with Crippen LogP contribution in [0.1, 0.15) is 5.56 Å². The van der Waals surface area contributed by atoms with E-state index >= 15 is 0 Å². The number of hydrogen-bond donors (Lipinski definition) is 1. The molecule has 0 atom stereocenters. The Morgan fingerprint density at radius 2 is 2.00 bits per heavy atom. The molecular formula is C14H14ClNOS. The maximum Gasteiger partial charge on any atom is 0.133 e. The second kappa shape index (κ2) is 6.03. The molecule has 2 aromatic carbocycles. The molecule has 0 aliphatic heterocycles. The average Bonchev–Trinajstić information content (AvgIpc) is 2.38. The molecule has 0 aromatic heterocycles. The van der Waals surface area contributed by atoms with Crippen molar-refractivity contribution in [3.05, 3.63) is 53.1 Å². The van der Waals surface area contributed by atoms with Crippen molar-refractivity contribution in [2.24, 2.45) is 0 Å². The largest absolute Gasteiger partial charge is 0.488 e. The zero-order valence-corrected chi connectivity index (χ0v) is 11.6. The van der Waals surface area contributed by atoms with Crippen LogP contribution in [0.25, 0.3) is 0 Å². The number of nitrogens with two attached hydrogens (primary N) is 1. The Hall–Kier alpha value is -1.32. The average molecular weight is 280 g/mol. The molecule has 0 bridgehead atoms. The number of halogens is 1. The fraction of sp³-hybridized carbons (Fsp3) is 0.143. The summed E-state index contributed by atoms with van der Waals surface area (Å²) >= 11 is 7.76. The van der Waals surface area contributed by atoms with Crippen LogP contribution < -0.4 is 10.5 Å². The highest BCUT2D eigenvalue weighted by Crippen LogP contribution is 2.28. The van der Waals surface area contributed by atoms with Gasteiger partial charge in [-0.2, -0.15) is 0 Å². The van der Waals surface area contributed by atoms with Crippen molar-refractivity contribution in [1.29, 1.82) is 0 Å². The Morgan fingerprint density at radius 1 is 1.22 bits per heavy atom. The second-order valence-electron chi connectivity index (χ2n) is 3.79. The quantitative estimate of drug-likeness (QED) is 0.672. The molecule has 4 heteroatoms. The lowest BCUT2D eigenvalue weighted by Crippen LogP contribution is -1.98. The molecule has 94 valence electrons. The number of anilines is 1. The van der Waals surface area contributed by atoms with E-state index in [1.54, 1.807) is 17.8 Å². The number of hydrogen-bond acceptors (Lipinski definition) is 3. The maximum atomic E-state index is 6.10. The second-order valence-corrected chi connectivity index (χ2v) is 5.05. The molecule has 0 amide bonds. The van der Waals surface area contributed by atoms with Gasteiger partial charge in [-0.15, -0.1) is 11.8 Å². The normalized spacial score (nSPS) is 10.3. The predicted octanol–water partition coefficient (Wildman–Crippen LogP) is 4.22. The first kappa shape index (κ1) is 13.1. The van der Waals surface area contributed by atoms with Crippen LogP contribution >= 0.6 is 23.4 Å². The number of para-hydroxylation sites is 1. The van der Waals surface area contributed by atoms with E-state index in [0.29, 0.717) is 17.3 Å². The molecule has 0 radical (unpaired) electrons. The van der Waals surface area contributed by atoms with Crippen LogP contribution in [0, 0.1) is 0 Å². The predicted molar refractivity (Wildman–Crippen MR) is 78.4 cm³/mol. The van der Waals surface area contributed by atoms with Gasteiger partial charge in [-0.25, -0.2) is 0 Å². The van der Waals surface area contributed by atoms with E-state index in [2.05, 4.69) is 0 Å². The lowest BCUT2D eigenvalue weighted by molar-refractivity contribution is 0.299. The van der Waals surface area contributed by atoms with Crippen LogP contribution in [0.15, 0.2) is 47.4 Å². The molecule has 18 heavy (non-hydrogen) atoms. The molecule has 2 aromatic rings. The Balaban J connectivity index is 2.11. The molecule has 0 aliphatic rings. The van der Waals surface area contributed by atoms with E-state index in [0.717, 1.165) is 16.2 Å². The van der Waals surface area contributed by atoms with Crippen molar-refractivity contribution in [1.82, 2.24) is 0 Å². The van der Waals surface area contributed by atoms with E-state index in [1.165, 1.54) is 0 Å². The van der Waals surface area contributed by atoms with Crippen LogP contribution in [0.2, 0.25) is 5.02 Å². The Bertz CT molecular complexity index is 545. The molecule has 0 saturated carbocycles. The summed E-state index contributed by atoms with van der Waals surface area (Å²) in [6, 6.07) is 13.4. The maximum absolute atomic E-state index is 6.10. The van der Waals surface area contributed by atoms with Gasteiger partial charge in [0.15, 0.2) is 0 Å². The standard InChI is InChI=1S/C14H14ClNOS/c1-18-14-5-3-2-4-13(14)17-9-10-6-7-11(16)8-12(10)15/h2-8H,9,16H2,1H3. The fourth-order valence-electron chi connectivity index (χ4n) is 1.57. The molecule has 2 nitrogen and oxygen atoms in total. The van der Waals surface area contributed by atoms with Crippen LogP contribution in [-0.4, -0.2) is 6.26 Å². The van der Waals surface area contributed by atoms with Crippen LogP contribution in [0.4, 0.5) is 5.69 Å². The monoisotopic (exact) mass is 279 g/mol. The first-order valence-electron chi connectivity index (χ1n) is 5.50. The Labute approximate surface area is 116 Å². The first-order chi connectivity index (χ1) is 8.70. The lowest BCUT2D eigenvalue weighted by Gasteiger charge is -2.11. The smallest absolute Gasteiger partial charge is 0.133 e. The van der Waals surface area contributed by atoms with Crippen LogP contribution in [0.3, 0.4) is 0 Å². The van der Waals surface area contributed by atoms with Crippen molar-refractivity contribution >= 4 is 29.1 Å². The molecule has 2 N–H and O–H groups in total. The summed E-state index contributed by atoms with van der Waals surface area (Å²) in [4.78, 5) is 1.11. The number of benzene rings is 2. The summed E-state index contributed by atoms with van der Waals surface area (Å²) in [6.07, 6.45) is 2.03. The van der Waals surface area contributed by atoms with Crippen LogP contribution in [-0.2, 0) is 6.61 Å². The zero-order chi connectivity index (χ0) is 13.0. The van der Waals surface area contributed by atoms with E-state index in [9.17, 15) is 0 Å². The fourth-order valence-corrected chi connectivity index (χ4v) is 2.36. The van der Waals surface area contributed by atoms with E-state index in [4.69, 9.17) is 22.1 Å². The molecule has 0 aliphatic carbocycles. The van der Waals surface area contributed by atoms with E-state index < -0.39 is 0 Å². The molecule has 0 unspecified atom stereocenters. The van der Waals surface area contributed by atoms with Crippen molar-refractivity contribution in [2.45, 2.75) is 11.5 Å². The van der Waals surface area contributed by atoms with Gasteiger partial charge in [-0.05, 0) is 30.5 Å². The highest BCUT2D eigenvalue weighted by atomic mass is 35.5. The summed E-state index contributed by atoms with van der Waals surface area (Å²) in [5.74, 6) is 0.873. The minimum absolute atomic E-state index is 0.441. The minimum atomic E-state index is 0.441. The van der Waals surface area contributed by atoms with Crippen molar-refractivity contribution in [3.63, 3.8) is 0 Å².